The van der Waals surface area contributed by atoms with Crippen LogP contribution in [-0.4, -0.2) is 27.7 Å². The van der Waals surface area contributed by atoms with Gasteiger partial charge in [0.15, 0.2) is 5.78 Å². The zero-order valence-corrected chi connectivity index (χ0v) is 17.2. The van der Waals surface area contributed by atoms with Crippen molar-refractivity contribution in [2.45, 2.75) is 39.7 Å². The van der Waals surface area contributed by atoms with Crippen molar-refractivity contribution in [1.29, 1.82) is 0 Å². The Morgan fingerprint density at radius 1 is 1.14 bits per heavy atom. The van der Waals surface area contributed by atoms with E-state index in [9.17, 15) is 9.59 Å². The third-order valence-electron chi connectivity index (χ3n) is 4.83. The molecule has 0 radical (unpaired) electrons. The maximum Gasteiger partial charge on any atom is 0.271 e. The van der Waals surface area contributed by atoms with Crippen molar-refractivity contribution < 1.29 is 9.53 Å². The van der Waals surface area contributed by atoms with Gasteiger partial charge in [-0.05, 0) is 38.5 Å². The zero-order valence-electron chi connectivity index (χ0n) is 17.2. The van der Waals surface area contributed by atoms with Crippen LogP contribution in [0.25, 0.3) is 0 Å². The number of aromatic nitrogens is 3. The van der Waals surface area contributed by atoms with Crippen molar-refractivity contribution in [2.24, 2.45) is 0 Å². The van der Waals surface area contributed by atoms with Crippen LogP contribution < -0.4 is 10.3 Å². The summed E-state index contributed by atoms with van der Waals surface area (Å²) in [6.07, 6.45) is 0.606. The summed E-state index contributed by atoms with van der Waals surface area (Å²) in [7, 11) is 1.55. The first kappa shape index (κ1) is 20.5. The second-order valence-electron chi connectivity index (χ2n) is 7.21. The summed E-state index contributed by atoms with van der Waals surface area (Å²) in [5, 5.41) is 4.32. The molecule has 0 bridgehead atoms. The highest BCUT2D eigenvalue weighted by Crippen LogP contribution is 2.13. The second kappa shape index (κ2) is 8.82. The van der Waals surface area contributed by atoms with Crippen LogP contribution in [0.1, 0.15) is 41.0 Å². The lowest BCUT2D eigenvalue weighted by molar-refractivity contribution is -0.121. The molecule has 0 spiro atoms. The molecule has 150 valence electrons. The van der Waals surface area contributed by atoms with E-state index in [1.807, 2.05) is 50.2 Å². The van der Waals surface area contributed by atoms with E-state index in [4.69, 9.17) is 4.74 Å². The molecule has 0 aliphatic carbocycles. The van der Waals surface area contributed by atoms with Gasteiger partial charge in [-0.15, -0.1) is 0 Å². The lowest BCUT2D eigenvalue weighted by Crippen LogP contribution is -2.33. The van der Waals surface area contributed by atoms with E-state index in [0.29, 0.717) is 23.6 Å². The molecule has 6 heteroatoms. The van der Waals surface area contributed by atoms with Crippen LogP contribution in [0.15, 0.2) is 53.3 Å². The normalized spacial score (nSPS) is 11.9. The number of pyridine rings is 1. The van der Waals surface area contributed by atoms with E-state index in [-0.39, 0.29) is 17.8 Å². The van der Waals surface area contributed by atoms with Gasteiger partial charge in [-0.25, -0.2) is 9.67 Å². The van der Waals surface area contributed by atoms with E-state index in [1.165, 1.54) is 4.68 Å². The Balaban J connectivity index is 1.86. The zero-order chi connectivity index (χ0) is 21.0. The summed E-state index contributed by atoms with van der Waals surface area (Å²) in [5.41, 5.74) is 3.74. The van der Waals surface area contributed by atoms with Gasteiger partial charge in [0.2, 0.25) is 5.88 Å². The molecule has 29 heavy (non-hydrogen) atoms. The number of carbonyl (C=O) groups is 1. The quantitative estimate of drug-likeness (QED) is 0.618. The van der Waals surface area contributed by atoms with Crippen molar-refractivity contribution >= 4 is 5.78 Å². The number of nitrogens with zero attached hydrogens (tertiary/aromatic N) is 3. The van der Waals surface area contributed by atoms with E-state index in [1.54, 1.807) is 26.2 Å². The van der Waals surface area contributed by atoms with Crippen LogP contribution in [0, 0.1) is 13.8 Å². The molecule has 0 aliphatic heterocycles. The Hall–Kier alpha value is -3.28. The summed E-state index contributed by atoms with van der Waals surface area (Å²) in [4.78, 5) is 30.2. The molecule has 0 fully saturated rings. The number of hydrogen-bond donors (Lipinski definition) is 0. The van der Waals surface area contributed by atoms with Crippen molar-refractivity contribution in [1.82, 2.24) is 14.8 Å². The number of methoxy groups -OCH3 is 1. The number of ketones is 1. The molecule has 0 N–H and O–H groups in total. The lowest BCUT2D eigenvalue weighted by Gasteiger charge is -2.15. The van der Waals surface area contributed by atoms with Crippen LogP contribution in [0.4, 0.5) is 0 Å². The van der Waals surface area contributed by atoms with Gasteiger partial charge in [0, 0.05) is 30.2 Å². The van der Waals surface area contributed by atoms with Crippen molar-refractivity contribution in [3.8, 4) is 5.88 Å². The fourth-order valence-corrected chi connectivity index (χ4v) is 3.15. The maximum absolute atomic E-state index is 13.0. The summed E-state index contributed by atoms with van der Waals surface area (Å²) >= 11 is 0. The average molecular weight is 391 g/mol. The lowest BCUT2D eigenvalue weighted by atomic mass is 10.0. The van der Waals surface area contributed by atoms with Crippen molar-refractivity contribution in [2.75, 3.05) is 7.11 Å². The van der Waals surface area contributed by atoms with Gasteiger partial charge in [0.1, 0.15) is 6.04 Å². The minimum atomic E-state index is -0.652. The highest BCUT2D eigenvalue weighted by atomic mass is 16.5. The predicted molar refractivity (Wildman–Crippen MR) is 111 cm³/mol. The Morgan fingerprint density at radius 3 is 2.55 bits per heavy atom. The highest BCUT2D eigenvalue weighted by molar-refractivity contribution is 5.84. The monoisotopic (exact) mass is 391 g/mol. The van der Waals surface area contributed by atoms with E-state index in [2.05, 4.69) is 10.1 Å². The number of Topliss-reactive ketones (excluding diaryl/α,β-unsaturated/α-hetero) is 1. The molecule has 0 saturated carbocycles. The Morgan fingerprint density at radius 2 is 1.86 bits per heavy atom. The molecule has 2 heterocycles. The van der Waals surface area contributed by atoms with Crippen LogP contribution >= 0.6 is 0 Å². The second-order valence-corrected chi connectivity index (χ2v) is 7.21. The van der Waals surface area contributed by atoms with E-state index >= 15 is 0 Å². The minimum absolute atomic E-state index is 0.0560. The summed E-state index contributed by atoms with van der Waals surface area (Å²) in [6, 6.07) is 14.4. The van der Waals surface area contributed by atoms with Gasteiger partial charge in [-0.2, -0.15) is 5.10 Å². The molecule has 2 aromatic heterocycles. The van der Waals surface area contributed by atoms with Crippen LogP contribution in [0.3, 0.4) is 0 Å². The number of hydrogen-bond acceptors (Lipinski definition) is 5. The first-order valence-corrected chi connectivity index (χ1v) is 9.55. The molecule has 1 unspecified atom stereocenters. The van der Waals surface area contributed by atoms with Gasteiger partial charge in [0.25, 0.3) is 5.56 Å². The SMILES string of the molecule is COc1cccc(Cc2cc(C)nn(C(C)C(=O)Cc3ccc(C)cc3)c2=O)n1. The third kappa shape index (κ3) is 4.96. The first-order valence-electron chi connectivity index (χ1n) is 9.55. The topological polar surface area (TPSA) is 74.1 Å². The van der Waals surface area contributed by atoms with Crippen molar-refractivity contribution in [3.63, 3.8) is 0 Å². The standard InChI is InChI=1S/C23H25N3O3/c1-15-8-10-18(11-9-15)13-21(27)17(3)26-23(28)19(12-16(2)25-26)14-20-6-5-7-22(24-20)29-4/h5-12,17H,13-14H2,1-4H3. The van der Waals surface area contributed by atoms with Gasteiger partial charge >= 0.3 is 0 Å². The molecule has 0 amide bonds. The summed E-state index contributed by atoms with van der Waals surface area (Å²) in [5.74, 6) is 0.440. The number of carbonyl (C=O) groups excluding carboxylic acids is 1. The first-order chi connectivity index (χ1) is 13.9. The van der Waals surface area contributed by atoms with E-state index in [0.717, 1.165) is 16.8 Å². The molecule has 0 saturated heterocycles. The fourth-order valence-electron chi connectivity index (χ4n) is 3.15. The van der Waals surface area contributed by atoms with Crippen LogP contribution in [0.5, 0.6) is 5.88 Å². The van der Waals surface area contributed by atoms with E-state index < -0.39 is 6.04 Å². The fraction of sp³-hybridized carbons (Fsp3) is 0.304. The third-order valence-corrected chi connectivity index (χ3v) is 4.83. The Labute approximate surface area is 170 Å². The van der Waals surface area contributed by atoms with Crippen LogP contribution in [0.2, 0.25) is 0 Å². The summed E-state index contributed by atoms with van der Waals surface area (Å²) < 4.78 is 6.45. The number of ether oxygens (including phenoxy) is 1. The maximum atomic E-state index is 13.0. The van der Waals surface area contributed by atoms with Gasteiger partial charge < -0.3 is 4.74 Å². The molecule has 6 nitrogen and oxygen atoms in total. The Kier molecular flexibility index (Phi) is 6.22. The number of aryl methyl sites for hydroxylation is 2. The molecule has 3 aromatic rings. The molecule has 3 rings (SSSR count). The number of benzene rings is 1. The molecular formula is C23H25N3O3. The minimum Gasteiger partial charge on any atom is -0.481 e. The summed E-state index contributed by atoms with van der Waals surface area (Å²) in [6.45, 7) is 5.54. The number of rotatable bonds is 7. The molecule has 0 aliphatic rings. The largest absolute Gasteiger partial charge is 0.481 e. The van der Waals surface area contributed by atoms with Crippen LogP contribution in [-0.2, 0) is 17.6 Å². The van der Waals surface area contributed by atoms with Crippen molar-refractivity contribution in [3.05, 3.63) is 87.0 Å². The van der Waals surface area contributed by atoms with Gasteiger partial charge in [-0.3, -0.25) is 9.59 Å². The smallest absolute Gasteiger partial charge is 0.271 e. The Bertz CT molecular complexity index is 1070. The highest BCUT2D eigenvalue weighted by Gasteiger charge is 2.20. The molecular weight excluding hydrogens is 366 g/mol. The van der Waals surface area contributed by atoms with Gasteiger partial charge in [-0.1, -0.05) is 35.9 Å². The molecule has 1 aromatic carbocycles. The van der Waals surface area contributed by atoms with Gasteiger partial charge in [0.05, 0.1) is 12.8 Å². The molecule has 1 atom stereocenters. The average Bonchev–Trinajstić information content (AvgIpc) is 2.71. The predicted octanol–water partition coefficient (Wildman–Crippen LogP) is 3.23.